The van der Waals surface area contributed by atoms with E-state index in [1.54, 1.807) is 0 Å². The molecule has 0 atom stereocenters. The lowest BCUT2D eigenvalue weighted by atomic mass is 9.78. The Morgan fingerprint density at radius 3 is 2.44 bits per heavy atom. The van der Waals surface area contributed by atoms with Crippen LogP contribution >= 0.6 is 0 Å². The van der Waals surface area contributed by atoms with E-state index in [2.05, 4.69) is 0 Å². The number of carbonyl (C=O) groups is 2. The SMILES string of the molecule is O=C(O)CC1(N2CCCC2=O)CCCCC1. The molecule has 2 rings (SSSR count). The van der Waals surface area contributed by atoms with Crippen LogP contribution in [0.25, 0.3) is 0 Å². The lowest BCUT2D eigenvalue weighted by Gasteiger charge is -2.43. The molecule has 1 N–H and O–H groups in total. The summed E-state index contributed by atoms with van der Waals surface area (Å²) in [4.78, 5) is 24.7. The molecule has 0 bridgehead atoms. The summed E-state index contributed by atoms with van der Waals surface area (Å²) in [6.07, 6.45) is 6.62. The smallest absolute Gasteiger partial charge is 0.305 e. The van der Waals surface area contributed by atoms with Crippen LogP contribution in [0.5, 0.6) is 0 Å². The van der Waals surface area contributed by atoms with Gasteiger partial charge in [-0.15, -0.1) is 0 Å². The van der Waals surface area contributed by atoms with Crippen molar-refractivity contribution in [3.63, 3.8) is 0 Å². The van der Waals surface area contributed by atoms with Crippen molar-refractivity contribution < 1.29 is 14.7 Å². The second-order valence-corrected chi connectivity index (χ2v) is 5.00. The Hall–Kier alpha value is -1.06. The molecule has 1 aliphatic heterocycles. The minimum Gasteiger partial charge on any atom is -0.481 e. The summed E-state index contributed by atoms with van der Waals surface area (Å²) in [5.74, 6) is -0.621. The fraction of sp³-hybridized carbons (Fsp3) is 0.833. The maximum absolute atomic E-state index is 11.8. The van der Waals surface area contributed by atoms with Gasteiger partial charge in [0.2, 0.25) is 5.91 Å². The number of likely N-dealkylation sites (tertiary alicyclic amines) is 1. The third-order valence-electron chi connectivity index (χ3n) is 3.91. The molecule has 0 aromatic carbocycles. The normalized spacial score (nSPS) is 24.8. The van der Waals surface area contributed by atoms with E-state index in [0.717, 1.165) is 38.6 Å². The van der Waals surface area contributed by atoms with Gasteiger partial charge in [0.05, 0.1) is 12.0 Å². The number of carboxylic acid groups (broad SMARTS) is 1. The van der Waals surface area contributed by atoms with Crippen molar-refractivity contribution in [1.82, 2.24) is 4.90 Å². The highest BCUT2D eigenvalue weighted by atomic mass is 16.4. The molecular weight excluding hydrogens is 206 g/mol. The van der Waals surface area contributed by atoms with Crippen LogP contribution in [0, 0.1) is 0 Å². The average Bonchev–Trinajstić information content (AvgIpc) is 2.65. The van der Waals surface area contributed by atoms with Crippen LogP contribution in [-0.4, -0.2) is 34.0 Å². The van der Waals surface area contributed by atoms with Gasteiger partial charge in [0.15, 0.2) is 0 Å². The first-order valence-corrected chi connectivity index (χ1v) is 6.16. The van der Waals surface area contributed by atoms with E-state index in [0.29, 0.717) is 6.42 Å². The zero-order chi connectivity index (χ0) is 11.6. The van der Waals surface area contributed by atoms with E-state index in [4.69, 9.17) is 5.11 Å². The number of amides is 1. The fourth-order valence-corrected chi connectivity index (χ4v) is 3.18. The van der Waals surface area contributed by atoms with Gasteiger partial charge in [0.25, 0.3) is 0 Å². The Labute approximate surface area is 95.6 Å². The Kier molecular flexibility index (Phi) is 3.17. The van der Waals surface area contributed by atoms with Crippen LogP contribution in [0.4, 0.5) is 0 Å². The number of rotatable bonds is 3. The number of aliphatic carboxylic acids is 1. The van der Waals surface area contributed by atoms with Crippen LogP contribution in [-0.2, 0) is 9.59 Å². The van der Waals surface area contributed by atoms with Gasteiger partial charge in [0.1, 0.15) is 0 Å². The second kappa shape index (κ2) is 4.44. The predicted octanol–water partition coefficient (Wildman–Crippen LogP) is 1.79. The summed E-state index contributed by atoms with van der Waals surface area (Å²) in [6.45, 7) is 0.756. The molecular formula is C12H19NO3. The zero-order valence-electron chi connectivity index (χ0n) is 9.57. The molecule has 90 valence electrons. The molecule has 1 saturated carbocycles. The van der Waals surface area contributed by atoms with E-state index >= 15 is 0 Å². The predicted molar refractivity (Wildman–Crippen MR) is 59.0 cm³/mol. The van der Waals surface area contributed by atoms with Crippen molar-refractivity contribution in [2.24, 2.45) is 0 Å². The van der Waals surface area contributed by atoms with Crippen molar-refractivity contribution in [1.29, 1.82) is 0 Å². The van der Waals surface area contributed by atoms with E-state index in [9.17, 15) is 9.59 Å². The van der Waals surface area contributed by atoms with Gasteiger partial charge in [-0.2, -0.15) is 0 Å². The van der Waals surface area contributed by atoms with Gasteiger partial charge in [-0.25, -0.2) is 0 Å². The third-order valence-corrected chi connectivity index (χ3v) is 3.91. The van der Waals surface area contributed by atoms with Crippen LogP contribution in [0.1, 0.15) is 51.4 Å². The Morgan fingerprint density at radius 1 is 1.25 bits per heavy atom. The van der Waals surface area contributed by atoms with Gasteiger partial charge in [-0.05, 0) is 19.3 Å². The van der Waals surface area contributed by atoms with E-state index in [1.165, 1.54) is 6.42 Å². The number of carboxylic acids is 1. The maximum atomic E-state index is 11.8. The summed E-state index contributed by atoms with van der Waals surface area (Å²) in [6, 6.07) is 0. The molecule has 2 aliphatic rings. The van der Waals surface area contributed by atoms with Crippen LogP contribution in [0.3, 0.4) is 0 Å². The summed E-state index contributed by atoms with van der Waals surface area (Å²) in [5, 5.41) is 9.04. The standard InChI is InChI=1S/C12H19NO3/c14-10-5-4-8-13(10)12(9-11(15)16)6-2-1-3-7-12/h1-9H2,(H,15,16). The quantitative estimate of drug-likeness (QED) is 0.796. The molecule has 1 amide bonds. The van der Waals surface area contributed by atoms with Crippen LogP contribution < -0.4 is 0 Å². The number of carbonyl (C=O) groups excluding carboxylic acids is 1. The molecule has 0 aromatic rings. The van der Waals surface area contributed by atoms with E-state index in [1.807, 2.05) is 4.90 Å². The third kappa shape index (κ3) is 2.06. The molecule has 4 heteroatoms. The lowest BCUT2D eigenvalue weighted by molar-refractivity contribution is -0.145. The first kappa shape index (κ1) is 11.4. The van der Waals surface area contributed by atoms with Gasteiger partial charge in [-0.1, -0.05) is 19.3 Å². The van der Waals surface area contributed by atoms with Crippen molar-refractivity contribution in [3.8, 4) is 0 Å². The van der Waals surface area contributed by atoms with Crippen molar-refractivity contribution in [3.05, 3.63) is 0 Å². The molecule has 0 radical (unpaired) electrons. The number of hydrogen-bond acceptors (Lipinski definition) is 2. The lowest BCUT2D eigenvalue weighted by Crippen LogP contribution is -2.51. The minimum absolute atomic E-state index is 0.124. The fourth-order valence-electron chi connectivity index (χ4n) is 3.18. The van der Waals surface area contributed by atoms with E-state index in [-0.39, 0.29) is 17.9 Å². The molecule has 0 aromatic heterocycles. The van der Waals surface area contributed by atoms with Crippen molar-refractivity contribution >= 4 is 11.9 Å². The largest absolute Gasteiger partial charge is 0.481 e. The molecule has 1 saturated heterocycles. The first-order valence-electron chi connectivity index (χ1n) is 6.16. The molecule has 4 nitrogen and oxygen atoms in total. The Morgan fingerprint density at radius 2 is 1.94 bits per heavy atom. The molecule has 2 fully saturated rings. The van der Waals surface area contributed by atoms with Crippen LogP contribution in [0.2, 0.25) is 0 Å². The molecule has 0 unspecified atom stereocenters. The highest BCUT2D eigenvalue weighted by molar-refractivity contribution is 5.80. The average molecular weight is 225 g/mol. The molecule has 1 aliphatic carbocycles. The number of nitrogens with zero attached hydrogens (tertiary/aromatic N) is 1. The van der Waals surface area contributed by atoms with Gasteiger partial charge >= 0.3 is 5.97 Å². The van der Waals surface area contributed by atoms with Crippen LogP contribution in [0.15, 0.2) is 0 Å². The summed E-state index contributed by atoms with van der Waals surface area (Å²) >= 11 is 0. The highest BCUT2D eigenvalue weighted by Gasteiger charge is 2.43. The van der Waals surface area contributed by atoms with Gasteiger partial charge in [-0.3, -0.25) is 9.59 Å². The van der Waals surface area contributed by atoms with E-state index < -0.39 is 5.97 Å². The summed E-state index contributed by atoms with van der Waals surface area (Å²) in [5.41, 5.74) is -0.363. The molecule has 0 spiro atoms. The minimum atomic E-state index is -0.776. The molecule has 1 heterocycles. The first-order chi connectivity index (χ1) is 7.64. The summed E-state index contributed by atoms with van der Waals surface area (Å²) < 4.78 is 0. The second-order valence-electron chi connectivity index (χ2n) is 5.00. The summed E-state index contributed by atoms with van der Waals surface area (Å²) in [7, 11) is 0. The monoisotopic (exact) mass is 225 g/mol. The number of hydrogen-bond donors (Lipinski definition) is 1. The highest BCUT2D eigenvalue weighted by Crippen LogP contribution is 2.38. The Bertz CT molecular complexity index is 295. The van der Waals surface area contributed by atoms with Gasteiger partial charge < -0.3 is 10.0 Å². The van der Waals surface area contributed by atoms with Crippen molar-refractivity contribution in [2.75, 3.05) is 6.54 Å². The van der Waals surface area contributed by atoms with Crippen molar-refractivity contribution in [2.45, 2.75) is 56.9 Å². The zero-order valence-corrected chi connectivity index (χ0v) is 9.57. The topological polar surface area (TPSA) is 57.6 Å². The molecule has 16 heavy (non-hydrogen) atoms. The van der Waals surface area contributed by atoms with Gasteiger partial charge in [0, 0.05) is 13.0 Å². The maximum Gasteiger partial charge on any atom is 0.305 e. The Balaban J connectivity index is 2.18.